The maximum Gasteiger partial charge on any atom is 0.264 e. The molecule has 0 aromatic carbocycles. The highest BCUT2D eigenvalue weighted by molar-refractivity contribution is 7.15. The number of aldehydes is 1. The van der Waals surface area contributed by atoms with Gasteiger partial charge in [0.2, 0.25) is 0 Å². The molecule has 0 bridgehead atoms. The number of carbonyl (C=O) groups is 2. The Morgan fingerprint density at radius 2 is 2.35 bits per heavy atom. The number of aliphatic hydroxyl groups excluding tert-OH is 1. The van der Waals surface area contributed by atoms with E-state index < -0.39 is 6.10 Å². The molecule has 17 heavy (non-hydrogen) atoms. The molecule has 6 heteroatoms. The number of nitrogens with zero attached hydrogens (tertiary/aromatic N) is 1. The summed E-state index contributed by atoms with van der Waals surface area (Å²) in [6, 6.07) is 3.24. The minimum absolute atomic E-state index is 0.165. The van der Waals surface area contributed by atoms with Crippen molar-refractivity contribution in [3.05, 3.63) is 21.9 Å². The third-order valence-corrected chi connectivity index (χ3v) is 3.78. The first-order chi connectivity index (χ1) is 8.15. The van der Waals surface area contributed by atoms with Gasteiger partial charge >= 0.3 is 0 Å². The van der Waals surface area contributed by atoms with Crippen molar-refractivity contribution in [2.75, 3.05) is 20.2 Å². The zero-order valence-corrected chi connectivity index (χ0v) is 10.1. The van der Waals surface area contributed by atoms with Gasteiger partial charge in [0.1, 0.15) is 6.10 Å². The third-order valence-electron chi connectivity index (χ3n) is 2.78. The second kappa shape index (κ2) is 4.95. The number of carbonyl (C=O) groups excluding carboxylic acids is 2. The zero-order valence-electron chi connectivity index (χ0n) is 9.33. The van der Waals surface area contributed by atoms with Gasteiger partial charge in [-0.05, 0) is 12.1 Å². The number of aliphatic hydroxyl groups is 1. The molecular formula is C11H13NO4S. The van der Waals surface area contributed by atoms with Crippen LogP contribution >= 0.6 is 11.3 Å². The Labute approximate surface area is 103 Å². The molecule has 1 aromatic rings. The highest BCUT2D eigenvalue weighted by Gasteiger charge is 2.34. The van der Waals surface area contributed by atoms with Gasteiger partial charge in [0.25, 0.3) is 5.91 Å². The zero-order chi connectivity index (χ0) is 12.4. The Bertz CT molecular complexity index is 431. The predicted molar refractivity (Wildman–Crippen MR) is 62.4 cm³/mol. The van der Waals surface area contributed by atoms with Crippen molar-refractivity contribution in [2.45, 2.75) is 12.2 Å². The summed E-state index contributed by atoms with van der Waals surface area (Å²) >= 11 is 1.16. The number of β-amino-alcohol motifs (C(OH)–C–C–N with tert-alkyl or cyclic N) is 1. The third kappa shape index (κ3) is 2.38. The van der Waals surface area contributed by atoms with Crippen molar-refractivity contribution in [3.63, 3.8) is 0 Å². The number of hydrogen-bond donors (Lipinski definition) is 1. The van der Waals surface area contributed by atoms with E-state index >= 15 is 0 Å². The summed E-state index contributed by atoms with van der Waals surface area (Å²) in [7, 11) is 1.51. The van der Waals surface area contributed by atoms with E-state index in [2.05, 4.69) is 0 Å². The lowest BCUT2D eigenvalue weighted by atomic mass is 10.3. The van der Waals surface area contributed by atoms with E-state index in [-0.39, 0.29) is 18.6 Å². The fraction of sp³-hybridized carbons (Fsp3) is 0.455. The average Bonchev–Trinajstić information content (AvgIpc) is 2.94. The molecule has 1 aliphatic rings. The molecule has 2 rings (SSSR count). The Morgan fingerprint density at radius 1 is 1.59 bits per heavy atom. The first kappa shape index (κ1) is 12.2. The number of rotatable bonds is 3. The number of methoxy groups -OCH3 is 1. The van der Waals surface area contributed by atoms with Crippen LogP contribution in [0.25, 0.3) is 0 Å². The quantitative estimate of drug-likeness (QED) is 0.794. The van der Waals surface area contributed by atoms with E-state index in [1.165, 1.54) is 7.11 Å². The van der Waals surface area contributed by atoms with Crippen LogP contribution in [0.1, 0.15) is 19.3 Å². The molecule has 0 aliphatic carbocycles. The van der Waals surface area contributed by atoms with Crippen LogP contribution in [0.5, 0.6) is 0 Å². The lowest BCUT2D eigenvalue weighted by molar-refractivity contribution is 0.0215. The molecule has 0 spiro atoms. The molecule has 0 radical (unpaired) electrons. The molecule has 1 amide bonds. The van der Waals surface area contributed by atoms with Crippen LogP contribution in [-0.2, 0) is 4.74 Å². The largest absolute Gasteiger partial charge is 0.388 e. The van der Waals surface area contributed by atoms with E-state index in [4.69, 9.17) is 4.74 Å². The highest BCUT2D eigenvalue weighted by atomic mass is 32.1. The van der Waals surface area contributed by atoms with Gasteiger partial charge in [0.05, 0.1) is 15.9 Å². The second-order valence-corrected chi connectivity index (χ2v) is 4.99. The fourth-order valence-corrected chi connectivity index (χ4v) is 2.63. The molecule has 2 unspecified atom stereocenters. The molecule has 92 valence electrons. The van der Waals surface area contributed by atoms with Gasteiger partial charge in [0.15, 0.2) is 6.29 Å². The average molecular weight is 255 g/mol. The Morgan fingerprint density at radius 3 is 2.88 bits per heavy atom. The van der Waals surface area contributed by atoms with Crippen LogP contribution in [-0.4, -0.2) is 54.6 Å². The summed E-state index contributed by atoms with van der Waals surface area (Å²) in [5.74, 6) is -0.165. The summed E-state index contributed by atoms with van der Waals surface area (Å²) in [5, 5.41) is 9.63. The number of amides is 1. The molecule has 1 saturated heterocycles. The first-order valence-electron chi connectivity index (χ1n) is 5.21. The van der Waals surface area contributed by atoms with E-state index in [0.717, 1.165) is 17.6 Å². The molecule has 2 atom stereocenters. The number of thiophene rings is 1. The van der Waals surface area contributed by atoms with E-state index in [1.54, 1.807) is 17.0 Å². The topological polar surface area (TPSA) is 66.8 Å². The standard InChI is InChI=1S/C11H13NO4S/c1-16-9-5-12(4-8(9)14)11(15)10-3-2-7(6-13)17-10/h2-3,6,8-9,14H,4-5H2,1H3. The lowest BCUT2D eigenvalue weighted by Crippen LogP contribution is -2.29. The van der Waals surface area contributed by atoms with Crippen LogP contribution in [0, 0.1) is 0 Å². The van der Waals surface area contributed by atoms with Gasteiger partial charge in [-0.2, -0.15) is 0 Å². The normalized spacial score (nSPS) is 24.0. The Hall–Kier alpha value is -1.24. The van der Waals surface area contributed by atoms with Crippen molar-refractivity contribution in [2.24, 2.45) is 0 Å². The second-order valence-electron chi connectivity index (χ2n) is 3.87. The van der Waals surface area contributed by atoms with Crippen LogP contribution in [0.2, 0.25) is 0 Å². The van der Waals surface area contributed by atoms with Crippen LogP contribution < -0.4 is 0 Å². The molecule has 1 aliphatic heterocycles. The van der Waals surface area contributed by atoms with Gasteiger partial charge in [-0.15, -0.1) is 11.3 Å². The summed E-state index contributed by atoms with van der Waals surface area (Å²) in [4.78, 5) is 25.2. The summed E-state index contributed by atoms with van der Waals surface area (Å²) in [6.45, 7) is 0.649. The van der Waals surface area contributed by atoms with Gasteiger partial charge in [-0.25, -0.2) is 0 Å². The number of hydrogen-bond acceptors (Lipinski definition) is 5. The van der Waals surface area contributed by atoms with Crippen LogP contribution in [0.15, 0.2) is 12.1 Å². The predicted octanol–water partition coefficient (Wildman–Crippen LogP) is 0.392. The Balaban J connectivity index is 2.08. The van der Waals surface area contributed by atoms with Crippen molar-refractivity contribution >= 4 is 23.5 Å². The monoisotopic (exact) mass is 255 g/mol. The molecule has 1 N–H and O–H groups in total. The molecular weight excluding hydrogens is 242 g/mol. The van der Waals surface area contributed by atoms with Gasteiger partial charge < -0.3 is 14.7 Å². The lowest BCUT2D eigenvalue weighted by Gasteiger charge is -2.14. The minimum Gasteiger partial charge on any atom is -0.388 e. The van der Waals surface area contributed by atoms with Gasteiger partial charge in [-0.1, -0.05) is 0 Å². The SMILES string of the molecule is COC1CN(C(=O)c2ccc(C=O)s2)CC1O. The summed E-state index contributed by atoms with van der Waals surface area (Å²) < 4.78 is 5.07. The fourth-order valence-electron chi connectivity index (χ4n) is 1.84. The maximum absolute atomic E-state index is 12.0. The van der Waals surface area contributed by atoms with Crippen LogP contribution in [0.4, 0.5) is 0 Å². The van der Waals surface area contributed by atoms with Gasteiger partial charge in [0, 0.05) is 20.2 Å². The van der Waals surface area contributed by atoms with Crippen molar-refractivity contribution in [3.8, 4) is 0 Å². The van der Waals surface area contributed by atoms with E-state index in [0.29, 0.717) is 16.3 Å². The van der Waals surface area contributed by atoms with E-state index in [1.807, 2.05) is 0 Å². The minimum atomic E-state index is -0.644. The summed E-state index contributed by atoms with van der Waals surface area (Å²) in [6.07, 6.45) is -0.253. The molecule has 2 heterocycles. The van der Waals surface area contributed by atoms with Gasteiger partial charge in [-0.3, -0.25) is 9.59 Å². The summed E-state index contributed by atoms with van der Waals surface area (Å²) in [5.41, 5.74) is 0. The highest BCUT2D eigenvalue weighted by Crippen LogP contribution is 2.20. The Kier molecular flexibility index (Phi) is 3.56. The molecule has 1 fully saturated rings. The number of likely N-dealkylation sites (tertiary alicyclic amines) is 1. The van der Waals surface area contributed by atoms with Crippen LogP contribution in [0.3, 0.4) is 0 Å². The van der Waals surface area contributed by atoms with Crippen molar-refractivity contribution in [1.29, 1.82) is 0 Å². The maximum atomic E-state index is 12.0. The number of ether oxygens (including phenoxy) is 1. The van der Waals surface area contributed by atoms with Crippen molar-refractivity contribution in [1.82, 2.24) is 4.90 Å². The molecule has 0 saturated carbocycles. The van der Waals surface area contributed by atoms with Crippen molar-refractivity contribution < 1.29 is 19.4 Å². The smallest absolute Gasteiger partial charge is 0.264 e. The van der Waals surface area contributed by atoms with E-state index in [9.17, 15) is 14.7 Å². The first-order valence-corrected chi connectivity index (χ1v) is 6.02. The molecule has 1 aromatic heterocycles. The molecule has 5 nitrogen and oxygen atoms in total.